The summed E-state index contributed by atoms with van der Waals surface area (Å²) in [7, 11) is 0. The number of carbonyl (C=O) groups is 1. The van der Waals surface area contributed by atoms with E-state index in [9.17, 15) is 13.6 Å². The van der Waals surface area contributed by atoms with Gasteiger partial charge < -0.3 is 15.1 Å². The number of carbonyl (C=O) groups excluding carboxylic acids is 1. The number of nitrogens with one attached hydrogen (secondary N) is 1. The Kier molecular flexibility index (Phi) is 7.12. The van der Waals surface area contributed by atoms with Crippen molar-refractivity contribution in [2.45, 2.75) is 51.6 Å². The van der Waals surface area contributed by atoms with Gasteiger partial charge in [-0.05, 0) is 44.6 Å². The van der Waals surface area contributed by atoms with E-state index in [1.165, 1.54) is 43.7 Å². The lowest BCUT2D eigenvalue weighted by Gasteiger charge is -2.37. The van der Waals surface area contributed by atoms with E-state index in [2.05, 4.69) is 32.0 Å². The van der Waals surface area contributed by atoms with Crippen LogP contribution in [0.3, 0.4) is 0 Å². The predicted molar refractivity (Wildman–Crippen MR) is 117 cm³/mol. The van der Waals surface area contributed by atoms with Gasteiger partial charge in [-0.1, -0.05) is 18.3 Å². The Labute approximate surface area is 185 Å². The number of nitrogens with zero attached hydrogens (tertiary/aromatic N) is 4. The smallest absolute Gasteiger partial charge is 0.263 e. The van der Waals surface area contributed by atoms with Crippen LogP contribution in [0.4, 0.5) is 13.9 Å². The first kappa shape index (κ1) is 22.1. The molecule has 2 saturated heterocycles. The fourth-order valence-corrected chi connectivity index (χ4v) is 5.42. The van der Waals surface area contributed by atoms with Crippen molar-refractivity contribution in [1.82, 2.24) is 20.2 Å². The number of rotatable bonds is 5. The summed E-state index contributed by atoms with van der Waals surface area (Å²) < 4.78 is 26.7. The largest absolute Gasteiger partial charge is 0.348 e. The van der Waals surface area contributed by atoms with Crippen molar-refractivity contribution >= 4 is 22.4 Å². The van der Waals surface area contributed by atoms with Crippen LogP contribution >= 0.6 is 11.3 Å². The van der Waals surface area contributed by atoms with Crippen LogP contribution in [0.15, 0.2) is 18.5 Å². The molecule has 4 rings (SSSR count). The highest BCUT2D eigenvalue weighted by molar-refractivity contribution is 7.17. The van der Waals surface area contributed by atoms with Gasteiger partial charge in [-0.15, -0.1) is 0 Å². The van der Waals surface area contributed by atoms with Crippen molar-refractivity contribution in [3.05, 3.63) is 40.7 Å². The maximum Gasteiger partial charge on any atom is 0.263 e. The molecule has 6 nitrogen and oxygen atoms in total. The van der Waals surface area contributed by atoms with Crippen molar-refractivity contribution in [2.75, 3.05) is 31.1 Å². The number of aromatic nitrogens is 2. The first-order valence-electron chi connectivity index (χ1n) is 11.0. The summed E-state index contributed by atoms with van der Waals surface area (Å²) in [5, 5.41) is 3.49. The van der Waals surface area contributed by atoms with E-state index in [0.29, 0.717) is 10.9 Å². The summed E-state index contributed by atoms with van der Waals surface area (Å²) in [6.45, 7) is 6.54. The molecule has 2 aromatic rings. The second-order valence-corrected chi connectivity index (χ2v) is 9.60. The molecule has 2 atom stereocenters. The van der Waals surface area contributed by atoms with Crippen molar-refractivity contribution < 1.29 is 13.6 Å². The van der Waals surface area contributed by atoms with Crippen molar-refractivity contribution in [2.24, 2.45) is 5.92 Å². The average molecular weight is 450 g/mol. The van der Waals surface area contributed by atoms with Crippen molar-refractivity contribution in [1.29, 1.82) is 0 Å². The Morgan fingerprint density at radius 3 is 2.81 bits per heavy atom. The minimum atomic E-state index is -0.771. The zero-order valence-corrected chi connectivity index (χ0v) is 18.6. The van der Waals surface area contributed by atoms with Crippen LogP contribution in [0.2, 0.25) is 0 Å². The number of likely N-dealkylation sites (tertiary alicyclic amines) is 1. The van der Waals surface area contributed by atoms with Gasteiger partial charge in [0.15, 0.2) is 5.13 Å². The Morgan fingerprint density at radius 1 is 1.16 bits per heavy atom. The Balaban J connectivity index is 1.32. The Morgan fingerprint density at radius 2 is 2.00 bits per heavy atom. The van der Waals surface area contributed by atoms with E-state index in [1.807, 2.05) is 0 Å². The highest BCUT2D eigenvalue weighted by Gasteiger charge is 2.27. The monoisotopic (exact) mass is 449 g/mol. The summed E-state index contributed by atoms with van der Waals surface area (Å²) in [5.74, 6) is -1.06. The molecule has 4 heterocycles. The van der Waals surface area contributed by atoms with Crippen LogP contribution < -0.4 is 10.2 Å². The van der Waals surface area contributed by atoms with Gasteiger partial charge in [-0.3, -0.25) is 9.78 Å². The zero-order valence-electron chi connectivity index (χ0n) is 17.8. The molecule has 0 bridgehead atoms. The zero-order chi connectivity index (χ0) is 21.8. The molecule has 0 spiro atoms. The second kappa shape index (κ2) is 9.99. The van der Waals surface area contributed by atoms with Gasteiger partial charge in [0.05, 0.1) is 24.6 Å². The van der Waals surface area contributed by atoms with Crippen molar-refractivity contribution in [3.63, 3.8) is 0 Å². The summed E-state index contributed by atoms with van der Waals surface area (Å²) in [6.07, 6.45) is 8.57. The predicted octanol–water partition coefficient (Wildman–Crippen LogP) is 3.84. The summed E-state index contributed by atoms with van der Waals surface area (Å²) >= 11 is 1.35. The number of hydrogen-bond donors (Lipinski definition) is 1. The highest BCUT2D eigenvalue weighted by Crippen LogP contribution is 2.28. The molecule has 0 saturated carbocycles. The van der Waals surface area contributed by atoms with E-state index in [0.717, 1.165) is 49.2 Å². The summed E-state index contributed by atoms with van der Waals surface area (Å²) in [4.78, 5) is 26.0. The van der Waals surface area contributed by atoms with E-state index < -0.39 is 11.6 Å². The molecule has 1 amide bonds. The molecule has 9 heteroatoms. The number of piperidine rings is 1. The van der Waals surface area contributed by atoms with Crippen LogP contribution in [0.25, 0.3) is 0 Å². The van der Waals surface area contributed by atoms with E-state index in [1.54, 1.807) is 6.20 Å². The third-order valence-corrected chi connectivity index (χ3v) is 7.25. The minimum absolute atomic E-state index is 0.00470. The molecule has 31 heavy (non-hydrogen) atoms. The third-order valence-electron chi connectivity index (χ3n) is 6.19. The molecule has 2 fully saturated rings. The van der Waals surface area contributed by atoms with Crippen LogP contribution in [0.1, 0.15) is 54.4 Å². The molecule has 0 aromatic carbocycles. The molecule has 2 aliphatic heterocycles. The number of hydrogen-bond acceptors (Lipinski definition) is 6. The van der Waals surface area contributed by atoms with Crippen LogP contribution in [0, 0.1) is 17.6 Å². The molecular weight excluding hydrogens is 420 g/mol. The van der Waals surface area contributed by atoms with Crippen LogP contribution in [-0.4, -0.2) is 53.0 Å². The van der Waals surface area contributed by atoms with Gasteiger partial charge in [0.1, 0.15) is 16.5 Å². The van der Waals surface area contributed by atoms with Gasteiger partial charge in [0.25, 0.3) is 5.91 Å². The van der Waals surface area contributed by atoms with Gasteiger partial charge in [-0.25, -0.2) is 13.8 Å². The van der Waals surface area contributed by atoms with Crippen LogP contribution in [-0.2, 0) is 6.54 Å². The fourth-order valence-electron chi connectivity index (χ4n) is 4.53. The molecule has 0 aliphatic carbocycles. The van der Waals surface area contributed by atoms with E-state index >= 15 is 0 Å². The molecule has 1 N–H and O–H groups in total. The highest BCUT2D eigenvalue weighted by atomic mass is 32.1. The summed E-state index contributed by atoms with van der Waals surface area (Å²) in [5.41, 5.74) is 0.00470. The molecule has 168 valence electrons. The van der Waals surface area contributed by atoms with Gasteiger partial charge >= 0.3 is 0 Å². The number of thiazole rings is 1. The lowest BCUT2D eigenvalue weighted by atomic mass is 9.96. The normalized spacial score (nSPS) is 22.9. The maximum absolute atomic E-state index is 13.7. The Hall–Kier alpha value is -2.13. The molecule has 2 aliphatic rings. The number of pyridine rings is 1. The van der Waals surface area contributed by atoms with E-state index in [4.69, 9.17) is 0 Å². The van der Waals surface area contributed by atoms with Crippen LogP contribution in [0.5, 0.6) is 0 Å². The molecule has 2 aromatic heterocycles. The quantitative estimate of drug-likeness (QED) is 0.752. The van der Waals surface area contributed by atoms with Gasteiger partial charge in [-0.2, -0.15) is 0 Å². The van der Waals surface area contributed by atoms with Gasteiger partial charge in [0.2, 0.25) is 0 Å². The maximum atomic E-state index is 13.7. The first-order valence-corrected chi connectivity index (χ1v) is 11.8. The minimum Gasteiger partial charge on any atom is -0.348 e. The van der Waals surface area contributed by atoms with Crippen molar-refractivity contribution in [3.8, 4) is 0 Å². The third kappa shape index (κ3) is 5.57. The fraction of sp³-hybridized carbons (Fsp3) is 0.591. The van der Waals surface area contributed by atoms with E-state index in [-0.39, 0.29) is 18.1 Å². The Bertz CT molecular complexity index is 908. The number of halogens is 2. The first-order chi connectivity index (χ1) is 15.0. The average Bonchev–Trinajstić information content (AvgIpc) is 3.11. The topological polar surface area (TPSA) is 61.4 Å². The SMILES string of the molecule is C[C@@H]1CCCN(C2CCCN(c3ncc(C(=O)NCc4ncc(F)cc4F)s3)CC2)C1. The molecule has 0 radical (unpaired) electrons. The summed E-state index contributed by atoms with van der Waals surface area (Å²) in [6, 6.07) is 1.39. The lowest BCUT2D eigenvalue weighted by Crippen LogP contribution is -2.42. The molecular formula is C22H29F2N5OS. The lowest BCUT2D eigenvalue weighted by molar-refractivity contribution is 0.0954. The standard InChI is InChI=1S/C22H29F2N5OS/c1-15-4-2-8-29(14-15)17-5-3-7-28(9-6-17)22-27-13-20(31-22)21(30)26-12-19-18(24)10-16(23)11-25-19/h10-11,13,15,17H,2-9,12,14H2,1H3,(H,26,30)/t15-,17?/m1/s1. The van der Waals surface area contributed by atoms with Gasteiger partial charge in [0, 0.05) is 31.7 Å². The number of anilines is 1. The number of amides is 1. The molecule has 1 unspecified atom stereocenters. The second-order valence-electron chi connectivity index (χ2n) is 8.59.